The van der Waals surface area contributed by atoms with Crippen LogP contribution in [0.25, 0.3) is 11.3 Å². The van der Waals surface area contributed by atoms with E-state index in [1.54, 1.807) is 30.3 Å². The maximum Gasteiger partial charge on any atom is 0.255 e. The van der Waals surface area contributed by atoms with E-state index in [0.29, 0.717) is 35.1 Å². The zero-order chi connectivity index (χ0) is 21.6. The van der Waals surface area contributed by atoms with E-state index in [1.165, 1.54) is 0 Å². The molecule has 0 atom stereocenters. The van der Waals surface area contributed by atoms with Gasteiger partial charge in [0.25, 0.3) is 5.91 Å². The summed E-state index contributed by atoms with van der Waals surface area (Å²) in [5.74, 6) is 1.72. The molecule has 5 nitrogen and oxygen atoms in total. The van der Waals surface area contributed by atoms with Gasteiger partial charge in [-0.1, -0.05) is 30.3 Å². The van der Waals surface area contributed by atoms with Crippen molar-refractivity contribution in [1.29, 1.82) is 0 Å². The summed E-state index contributed by atoms with van der Waals surface area (Å²) in [5.41, 5.74) is 4.21. The molecule has 156 valence electrons. The number of aryl methyl sites for hydroxylation is 1. The van der Waals surface area contributed by atoms with Crippen LogP contribution in [-0.2, 0) is 13.2 Å². The molecule has 0 aliphatic rings. The highest BCUT2D eigenvalue weighted by atomic mass is 16.5. The number of hydrogen-bond acceptors (Lipinski definition) is 4. The monoisotopic (exact) mass is 413 g/mol. The summed E-state index contributed by atoms with van der Waals surface area (Å²) < 4.78 is 11.4. The molecule has 3 aromatic carbocycles. The zero-order valence-electron chi connectivity index (χ0n) is 17.2. The van der Waals surface area contributed by atoms with E-state index in [4.69, 9.17) is 14.3 Å². The summed E-state index contributed by atoms with van der Waals surface area (Å²) in [4.78, 5) is 12.6. The van der Waals surface area contributed by atoms with Gasteiger partial charge in [-0.25, -0.2) is 0 Å². The van der Waals surface area contributed by atoms with Gasteiger partial charge in [-0.05, 0) is 72.6 Å². The number of carbonyl (C=O) groups is 1. The van der Waals surface area contributed by atoms with Crippen molar-refractivity contribution in [2.24, 2.45) is 0 Å². The fraction of sp³-hybridized carbons (Fsp3) is 0.115. The van der Waals surface area contributed by atoms with E-state index in [9.17, 15) is 4.79 Å². The minimum Gasteiger partial charge on any atom is -0.489 e. The number of furan rings is 1. The second-order valence-corrected chi connectivity index (χ2v) is 7.21. The van der Waals surface area contributed by atoms with Crippen LogP contribution in [0.2, 0.25) is 0 Å². The predicted molar refractivity (Wildman–Crippen MR) is 120 cm³/mol. The predicted octanol–water partition coefficient (Wildman–Crippen LogP) is 5.58. The molecule has 31 heavy (non-hydrogen) atoms. The third kappa shape index (κ3) is 5.02. The molecule has 0 unspecified atom stereocenters. The van der Waals surface area contributed by atoms with Crippen LogP contribution in [-0.4, -0.2) is 11.0 Å². The smallest absolute Gasteiger partial charge is 0.255 e. The number of carbonyl (C=O) groups excluding carboxylic acids is 1. The van der Waals surface area contributed by atoms with Crippen molar-refractivity contribution in [3.05, 3.63) is 107 Å². The number of amides is 1. The van der Waals surface area contributed by atoms with Crippen LogP contribution < -0.4 is 10.1 Å². The van der Waals surface area contributed by atoms with Gasteiger partial charge < -0.3 is 19.6 Å². The minimum absolute atomic E-state index is 0.136. The lowest BCUT2D eigenvalue weighted by molar-refractivity contribution is 0.102. The lowest BCUT2D eigenvalue weighted by Gasteiger charge is -2.10. The molecule has 4 rings (SSSR count). The minimum atomic E-state index is -0.192. The molecule has 0 spiro atoms. The van der Waals surface area contributed by atoms with Crippen molar-refractivity contribution < 1.29 is 19.1 Å². The van der Waals surface area contributed by atoms with E-state index in [2.05, 4.69) is 5.32 Å². The molecule has 0 saturated heterocycles. The molecule has 0 saturated carbocycles. The van der Waals surface area contributed by atoms with Gasteiger partial charge in [0, 0.05) is 16.8 Å². The van der Waals surface area contributed by atoms with Crippen LogP contribution in [0.1, 0.15) is 27.2 Å². The second kappa shape index (κ2) is 9.32. The second-order valence-electron chi connectivity index (χ2n) is 7.21. The molecule has 0 aliphatic carbocycles. The Kier molecular flexibility index (Phi) is 6.15. The first-order valence-corrected chi connectivity index (χ1v) is 10.0. The molecule has 1 amide bonds. The van der Waals surface area contributed by atoms with Crippen molar-refractivity contribution in [1.82, 2.24) is 0 Å². The van der Waals surface area contributed by atoms with Crippen molar-refractivity contribution in [3.63, 3.8) is 0 Å². The topological polar surface area (TPSA) is 71.7 Å². The summed E-state index contributed by atoms with van der Waals surface area (Å²) in [6.07, 6.45) is 0. The average Bonchev–Trinajstić information content (AvgIpc) is 3.28. The maximum atomic E-state index is 12.6. The molecule has 0 aliphatic heterocycles. The van der Waals surface area contributed by atoms with Gasteiger partial charge in [0.1, 0.15) is 30.5 Å². The normalized spacial score (nSPS) is 10.6. The number of aliphatic hydroxyl groups is 1. The first-order chi connectivity index (χ1) is 15.1. The van der Waals surface area contributed by atoms with Gasteiger partial charge in [-0.2, -0.15) is 0 Å². The highest BCUT2D eigenvalue weighted by Crippen LogP contribution is 2.28. The lowest BCUT2D eigenvalue weighted by Crippen LogP contribution is -2.12. The summed E-state index contributed by atoms with van der Waals surface area (Å²) in [6.45, 7) is 2.29. The Morgan fingerprint density at radius 1 is 0.968 bits per heavy atom. The maximum absolute atomic E-state index is 12.6. The fourth-order valence-corrected chi connectivity index (χ4v) is 3.27. The number of aliphatic hydroxyl groups excluding tert-OH is 1. The molecular weight excluding hydrogens is 390 g/mol. The Hall–Kier alpha value is -3.83. The standard InChI is InChI=1S/C26H23NO4/c1-18-15-21(9-13-24(18)25-14-12-23(16-28)31-25)27-26(29)20-7-10-22(11-8-20)30-17-19-5-3-2-4-6-19/h2-15,28H,16-17H2,1H3,(H,27,29). The zero-order valence-corrected chi connectivity index (χ0v) is 17.2. The van der Waals surface area contributed by atoms with E-state index >= 15 is 0 Å². The van der Waals surface area contributed by atoms with Gasteiger partial charge in [0.2, 0.25) is 0 Å². The molecule has 1 heterocycles. The molecule has 5 heteroatoms. The first kappa shape index (κ1) is 20.4. The fourth-order valence-electron chi connectivity index (χ4n) is 3.27. The lowest BCUT2D eigenvalue weighted by atomic mass is 10.1. The van der Waals surface area contributed by atoms with Gasteiger partial charge in [-0.3, -0.25) is 4.79 Å². The van der Waals surface area contributed by atoms with Crippen LogP contribution in [0.4, 0.5) is 5.69 Å². The number of ether oxygens (including phenoxy) is 1. The quantitative estimate of drug-likeness (QED) is 0.415. The van der Waals surface area contributed by atoms with Crippen LogP contribution in [0, 0.1) is 6.92 Å². The summed E-state index contributed by atoms with van der Waals surface area (Å²) in [5, 5.41) is 12.1. The van der Waals surface area contributed by atoms with E-state index in [-0.39, 0.29) is 12.5 Å². The Bertz CT molecular complexity index is 1160. The molecule has 0 radical (unpaired) electrons. The molecule has 1 aromatic heterocycles. The van der Waals surface area contributed by atoms with Crippen molar-refractivity contribution in [2.45, 2.75) is 20.1 Å². The largest absolute Gasteiger partial charge is 0.489 e. The number of benzene rings is 3. The summed E-state index contributed by atoms with van der Waals surface area (Å²) in [6, 6.07) is 26.2. The third-order valence-electron chi connectivity index (χ3n) is 4.93. The Labute approximate surface area is 180 Å². The van der Waals surface area contributed by atoms with Gasteiger partial charge in [0.15, 0.2) is 0 Å². The van der Waals surface area contributed by atoms with Gasteiger partial charge in [0.05, 0.1) is 0 Å². The molecule has 0 fully saturated rings. The Balaban J connectivity index is 1.39. The molecule has 4 aromatic rings. The Morgan fingerprint density at radius 2 is 1.74 bits per heavy atom. The SMILES string of the molecule is Cc1cc(NC(=O)c2ccc(OCc3ccccc3)cc2)ccc1-c1ccc(CO)o1. The highest BCUT2D eigenvalue weighted by molar-refractivity contribution is 6.04. The van der Waals surface area contributed by atoms with Crippen LogP contribution >= 0.6 is 0 Å². The number of rotatable bonds is 7. The Morgan fingerprint density at radius 3 is 2.42 bits per heavy atom. The number of anilines is 1. The molecular formula is C26H23NO4. The van der Waals surface area contributed by atoms with E-state index < -0.39 is 0 Å². The van der Waals surface area contributed by atoms with Gasteiger partial charge >= 0.3 is 0 Å². The van der Waals surface area contributed by atoms with Crippen molar-refractivity contribution in [2.75, 3.05) is 5.32 Å². The average molecular weight is 413 g/mol. The number of hydrogen-bond donors (Lipinski definition) is 2. The van der Waals surface area contributed by atoms with Crippen molar-refractivity contribution in [3.8, 4) is 17.1 Å². The van der Waals surface area contributed by atoms with E-state index in [0.717, 1.165) is 16.7 Å². The molecule has 0 bridgehead atoms. The van der Waals surface area contributed by atoms with Crippen LogP contribution in [0.3, 0.4) is 0 Å². The number of nitrogens with one attached hydrogen (secondary N) is 1. The highest BCUT2D eigenvalue weighted by Gasteiger charge is 2.11. The van der Waals surface area contributed by atoms with Gasteiger partial charge in [-0.15, -0.1) is 0 Å². The van der Waals surface area contributed by atoms with E-state index in [1.807, 2.05) is 61.5 Å². The van der Waals surface area contributed by atoms with Crippen LogP contribution in [0.5, 0.6) is 5.75 Å². The van der Waals surface area contributed by atoms with Crippen molar-refractivity contribution >= 4 is 11.6 Å². The summed E-state index contributed by atoms with van der Waals surface area (Å²) in [7, 11) is 0. The van der Waals surface area contributed by atoms with Crippen LogP contribution in [0.15, 0.2) is 89.3 Å². The summed E-state index contributed by atoms with van der Waals surface area (Å²) >= 11 is 0. The molecule has 2 N–H and O–H groups in total. The first-order valence-electron chi connectivity index (χ1n) is 10.0. The third-order valence-corrected chi connectivity index (χ3v) is 4.93.